The maximum atomic E-state index is 13.2. The number of nitrogens with one attached hydrogen (secondary N) is 1. The number of carbonyl (C=O) groups excluding carboxylic acids is 2. The zero-order valence-electron chi connectivity index (χ0n) is 15.3. The van der Waals surface area contributed by atoms with Gasteiger partial charge in [-0.15, -0.1) is 0 Å². The first kappa shape index (κ1) is 19.0. The fraction of sp³-hybridized carbons (Fsp3) is 0.0435. The molecule has 140 valence electrons. The van der Waals surface area contributed by atoms with Crippen LogP contribution in [0.25, 0.3) is 6.08 Å². The number of rotatable bonds is 5. The third kappa shape index (κ3) is 4.71. The number of benzene rings is 3. The smallest absolute Gasteiger partial charge is 0.274 e. The summed E-state index contributed by atoms with van der Waals surface area (Å²) in [5, 5.41) is 2.70. The Morgan fingerprint density at radius 2 is 1.43 bits per heavy atom. The summed E-state index contributed by atoms with van der Waals surface area (Å²) in [5.74, 6) is -1.19. The molecule has 0 saturated heterocycles. The van der Waals surface area contributed by atoms with Gasteiger partial charge in [0.25, 0.3) is 11.8 Å². The number of anilines is 1. The van der Waals surface area contributed by atoms with Crippen molar-refractivity contribution >= 4 is 23.6 Å². The minimum Gasteiger partial charge on any atom is -0.317 e. The predicted octanol–water partition coefficient (Wildman–Crippen LogP) is 4.26. The molecule has 0 spiro atoms. The summed E-state index contributed by atoms with van der Waals surface area (Å²) >= 11 is 0. The van der Waals surface area contributed by atoms with Crippen LogP contribution in [0.15, 0.2) is 90.6 Å². The van der Waals surface area contributed by atoms with Gasteiger partial charge in [0.2, 0.25) is 0 Å². The van der Waals surface area contributed by atoms with Gasteiger partial charge in [0, 0.05) is 18.3 Å². The van der Waals surface area contributed by atoms with E-state index in [4.69, 9.17) is 0 Å². The molecule has 0 aliphatic rings. The van der Waals surface area contributed by atoms with Crippen molar-refractivity contribution in [1.82, 2.24) is 5.32 Å². The number of halogens is 1. The quantitative estimate of drug-likeness (QED) is 0.679. The van der Waals surface area contributed by atoms with E-state index in [1.807, 2.05) is 36.4 Å². The minimum absolute atomic E-state index is 0.117. The van der Waals surface area contributed by atoms with E-state index >= 15 is 0 Å². The first-order valence-electron chi connectivity index (χ1n) is 8.71. The predicted molar refractivity (Wildman–Crippen MR) is 108 cm³/mol. The monoisotopic (exact) mass is 374 g/mol. The van der Waals surface area contributed by atoms with E-state index in [-0.39, 0.29) is 17.4 Å². The van der Waals surface area contributed by atoms with Crippen LogP contribution in [-0.2, 0) is 4.79 Å². The summed E-state index contributed by atoms with van der Waals surface area (Å²) in [7, 11) is 1.57. The van der Waals surface area contributed by atoms with Crippen LogP contribution in [-0.4, -0.2) is 18.9 Å². The van der Waals surface area contributed by atoms with Gasteiger partial charge in [0.15, 0.2) is 0 Å². The Hall–Kier alpha value is -3.73. The van der Waals surface area contributed by atoms with E-state index in [0.29, 0.717) is 11.3 Å². The lowest BCUT2D eigenvalue weighted by molar-refractivity contribution is -0.115. The zero-order chi connectivity index (χ0) is 19.9. The highest BCUT2D eigenvalue weighted by molar-refractivity contribution is 6.11. The van der Waals surface area contributed by atoms with Gasteiger partial charge < -0.3 is 10.2 Å². The number of amides is 2. The molecular weight excluding hydrogens is 355 g/mol. The molecule has 0 heterocycles. The Kier molecular flexibility index (Phi) is 5.97. The topological polar surface area (TPSA) is 49.4 Å². The van der Waals surface area contributed by atoms with E-state index < -0.39 is 5.91 Å². The van der Waals surface area contributed by atoms with Crippen LogP contribution in [0.5, 0.6) is 0 Å². The maximum Gasteiger partial charge on any atom is 0.274 e. The molecule has 0 aliphatic carbocycles. The molecule has 2 amide bonds. The molecular formula is C23H19FN2O2. The Bertz CT molecular complexity index is 984. The molecule has 0 aromatic heterocycles. The molecule has 28 heavy (non-hydrogen) atoms. The first-order chi connectivity index (χ1) is 13.5. The lowest BCUT2D eigenvalue weighted by Gasteiger charge is -2.20. The van der Waals surface area contributed by atoms with E-state index in [2.05, 4.69) is 5.32 Å². The molecule has 0 saturated carbocycles. The van der Waals surface area contributed by atoms with Crippen LogP contribution < -0.4 is 10.2 Å². The van der Waals surface area contributed by atoms with Crippen molar-refractivity contribution in [3.63, 3.8) is 0 Å². The first-order valence-corrected chi connectivity index (χ1v) is 8.71. The van der Waals surface area contributed by atoms with Crippen LogP contribution in [0.4, 0.5) is 10.1 Å². The summed E-state index contributed by atoms with van der Waals surface area (Å²) in [6.07, 6.45) is 1.61. The Balaban J connectivity index is 1.91. The normalized spacial score (nSPS) is 11.0. The van der Waals surface area contributed by atoms with Crippen molar-refractivity contribution in [3.05, 3.63) is 108 Å². The van der Waals surface area contributed by atoms with Crippen molar-refractivity contribution in [3.8, 4) is 0 Å². The van der Waals surface area contributed by atoms with Gasteiger partial charge in [-0.2, -0.15) is 0 Å². The highest BCUT2D eigenvalue weighted by Gasteiger charge is 2.19. The van der Waals surface area contributed by atoms with Crippen molar-refractivity contribution in [2.45, 2.75) is 0 Å². The van der Waals surface area contributed by atoms with Crippen LogP contribution in [0.3, 0.4) is 0 Å². The second kappa shape index (κ2) is 8.77. The molecule has 0 unspecified atom stereocenters. The largest absolute Gasteiger partial charge is 0.317 e. The number of likely N-dealkylation sites (N-methyl/N-ethyl adjacent to an activating group) is 1. The van der Waals surface area contributed by atoms with Gasteiger partial charge >= 0.3 is 0 Å². The summed E-state index contributed by atoms with van der Waals surface area (Å²) < 4.78 is 13.2. The number of hydrogen-bond donors (Lipinski definition) is 1. The van der Waals surface area contributed by atoms with E-state index in [1.165, 1.54) is 29.2 Å². The summed E-state index contributed by atoms with van der Waals surface area (Å²) in [6.45, 7) is 0. The molecule has 4 nitrogen and oxygen atoms in total. The van der Waals surface area contributed by atoms with E-state index in [1.54, 1.807) is 37.4 Å². The molecule has 1 N–H and O–H groups in total. The Morgan fingerprint density at radius 3 is 2.04 bits per heavy atom. The fourth-order valence-corrected chi connectivity index (χ4v) is 2.61. The third-order valence-electron chi connectivity index (χ3n) is 4.14. The average molecular weight is 374 g/mol. The van der Waals surface area contributed by atoms with Gasteiger partial charge in [-0.1, -0.05) is 48.5 Å². The van der Waals surface area contributed by atoms with Crippen LogP contribution in [0.1, 0.15) is 15.9 Å². The summed E-state index contributed by atoms with van der Waals surface area (Å²) in [4.78, 5) is 27.0. The average Bonchev–Trinajstić information content (AvgIpc) is 2.74. The summed E-state index contributed by atoms with van der Waals surface area (Å²) in [5.41, 5.74) is 1.84. The molecule has 3 aromatic carbocycles. The molecule has 0 atom stereocenters. The minimum atomic E-state index is -0.417. The number of nitrogens with zero attached hydrogens (tertiary/aromatic N) is 1. The van der Waals surface area contributed by atoms with Gasteiger partial charge in [0.05, 0.1) is 0 Å². The maximum absolute atomic E-state index is 13.2. The molecule has 3 aromatic rings. The lowest BCUT2D eigenvalue weighted by atomic mass is 10.1. The molecule has 0 radical (unpaired) electrons. The Labute approximate surface area is 162 Å². The van der Waals surface area contributed by atoms with Crippen molar-refractivity contribution in [2.75, 3.05) is 11.9 Å². The van der Waals surface area contributed by atoms with Crippen LogP contribution >= 0.6 is 0 Å². The van der Waals surface area contributed by atoms with E-state index in [0.717, 1.165) is 5.56 Å². The molecule has 5 heteroatoms. The van der Waals surface area contributed by atoms with Gasteiger partial charge in [-0.25, -0.2) is 4.39 Å². The lowest BCUT2D eigenvalue weighted by Crippen LogP contribution is -2.36. The molecule has 3 rings (SSSR count). The number of hydrogen-bond acceptors (Lipinski definition) is 2. The third-order valence-corrected chi connectivity index (χ3v) is 4.14. The molecule has 0 fully saturated rings. The summed E-state index contributed by atoms with van der Waals surface area (Å²) in [6, 6.07) is 23.4. The van der Waals surface area contributed by atoms with Crippen molar-refractivity contribution in [2.24, 2.45) is 0 Å². The van der Waals surface area contributed by atoms with Crippen LogP contribution in [0, 0.1) is 5.82 Å². The van der Waals surface area contributed by atoms with Gasteiger partial charge in [0.1, 0.15) is 11.5 Å². The zero-order valence-corrected chi connectivity index (χ0v) is 15.3. The highest BCUT2D eigenvalue weighted by atomic mass is 19.1. The molecule has 0 bridgehead atoms. The van der Waals surface area contributed by atoms with Gasteiger partial charge in [-0.05, 0) is 48.0 Å². The van der Waals surface area contributed by atoms with Crippen molar-refractivity contribution < 1.29 is 14.0 Å². The standard InChI is InChI=1S/C23H19FN2O2/c1-26(20-14-12-19(24)13-15-20)23(28)21(16-17-8-4-2-5-9-17)25-22(27)18-10-6-3-7-11-18/h2-16H,1H3,(H,25,27)/b21-16-. The highest BCUT2D eigenvalue weighted by Crippen LogP contribution is 2.17. The second-order valence-electron chi connectivity index (χ2n) is 6.13. The number of carbonyl (C=O) groups is 2. The van der Waals surface area contributed by atoms with Crippen molar-refractivity contribution in [1.29, 1.82) is 0 Å². The van der Waals surface area contributed by atoms with E-state index in [9.17, 15) is 14.0 Å². The Morgan fingerprint density at radius 1 is 0.857 bits per heavy atom. The van der Waals surface area contributed by atoms with Gasteiger partial charge in [-0.3, -0.25) is 9.59 Å². The molecule has 0 aliphatic heterocycles. The fourth-order valence-electron chi connectivity index (χ4n) is 2.61. The van der Waals surface area contributed by atoms with Crippen LogP contribution in [0.2, 0.25) is 0 Å². The SMILES string of the molecule is CN(C(=O)/C(=C/c1ccccc1)NC(=O)c1ccccc1)c1ccc(F)cc1. The second-order valence-corrected chi connectivity index (χ2v) is 6.13.